The molecule has 1 aliphatic rings. The molecule has 0 saturated carbocycles. The average Bonchev–Trinajstić information content (AvgIpc) is 2.87. The van der Waals surface area contributed by atoms with Gasteiger partial charge in [0.1, 0.15) is 0 Å². The SMILES string of the molecule is CC(C)CNCC1CCN(c2ccccc2N(C)C)C1. The van der Waals surface area contributed by atoms with E-state index in [9.17, 15) is 0 Å². The third kappa shape index (κ3) is 3.89. The van der Waals surface area contributed by atoms with E-state index in [1.165, 1.54) is 30.9 Å². The van der Waals surface area contributed by atoms with Gasteiger partial charge in [0.15, 0.2) is 0 Å². The highest BCUT2D eigenvalue weighted by Crippen LogP contribution is 2.31. The molecule has 1 atom stereocenters. The number of hydrogen-bond donors (Lipinski definition) is 1. The number of benzene rings is 1. The molecule has 1 aromatic rings. The van der Waals surface area contributed by atoms with Crippen molar-refractivity contribution in [3.63, 3.8) is 0 Å². The van der Waals surface area contributed by atoms with Gasteiger partial charge in [-0.05, 0) is 43.5 Å². The van der Waals surface area contributed by atoms with E-state index in [2.05, 4.69) is 67.3 Å². The highest BCUT2D eigenvalue weighted by atomic mass is 15.2. The first kappa shape index (κ1) is 15.2. The molecule has 0 spiro atoms. The zero-order valence-corrected chi connectivity index (χ0v) is 13.4. The van der Waals surface area contributed by atoms with Crippen LogP contribution in [-0.2, 0) is 0 Å². The molecule has 1 fully saturated rings. The van der Waals surface area contributed by atoms with Gasteiger partial charge in [0, 0.05) is 27.2 Å². The topological polar surface area (TPSA) is 18.5 Å². The van der Waals surface area contributed by atoms with Crippen LogP contribution in [0.3, 0.4) is 0 Å². The number of rotatable bonds is 6. The van der Waals surface area contributed by atoms with Crippen LogP contribution >= 0.6 is 0 Å². The van der Waals surface area contributed by atoms with Crippen LogP contribution in [0.25, 0.3) is 0 Å². The lowest BCUT2D eigenvalue weighted by molar-refractivity contribution is 0.477. The maximum Gasteiger partial charge on any atom is 0.0603 e. The summed E-state index contributed by atoms with van der Waals surface area (Å²) < 4.78 is 0. The monoisotopic (exact) mass is 275 g/mol. The van der Waals surface area contributed by atoms with Gasteiger partial charge in [0.25, 0.3) is 0 Å². The second-order valence-corrected chi connectivity index (χ2v) is 6.54. The Kier molecular flexibility index (Phi) is 5.30. The average molecular weight is 275 g/mol. The van der Waals surface area contributed by atoms with E-state index in [1.807, 2.05) is 0 Å². The quantitative estimate of drug-likeness (QED) is 0.861. The highest BCUT2D eigenvalue weighted by molar-refractivity contribution is 5.71. The minimum absolute atomic E-state index is 0.738. The second kappa shape index (κ2) is 6.98. The van der Waals surface area contributed by atoms with Crippen LogP contribution in [0.4, 0.5) is 11.4 Å². The van der Waals surface area contributed by atoms with E-state index in [1.54, 1.807) is 0 Å². The first-order valence-electron chi connectivity index (χ1n) is 7.80. The van der Waals surface area contributed by atoms with E-state index in [0.29, 0.717) is 0 Å². The van der Waals surface area contributed by atoms with Crippen LogP contribution in [0.15, 0.2) is 24.3 Å². The minimum Gasteiger partial charge on any atom is -0.376 e. The van der Waals surface area contributed by atoms with Crippen molar-refractivity contribution in [1.82, 2.24) is 5.32 Å². The molecule has 1 saturated heterocycles. The fourth-order valence-corrected chi connectivity index (χ4v) is 2.90. The molecule has 20 heavy (non-hydrogen) atoms. The summed E-state index contributed by atoms with van der Waals surface area (Å²) in [6.07, 6.45) is 1.30. The first-order chi connectivity index (χ1) is 9.58. The standard InChI is InChI=1S/C17H29N3/c1-14(2)11-18-12-15-9-10-20(13-15)17-8-6-5-7-16(17)19(3)4/h5-8,14-15,18H,9-13H2,1-4H3. The third-order valence-corrected chi connectivity index (χ3v) is 3.98. The van der Waals surface area contributed by atoms with Crippen molar-refractivity contribution in [1.29, 1.82) is 0 Å². The normalized spacial score (nSPS) is 18.9. The Labute approximate surface area is 124 Å². The predicted molar refractivity (Wildman–Crippen MR) is 88.8 cm³/mol. The molecule has 1 heterocycles. The van der Waals surface area contributed by atoms with Crippen LogP contribution in [0, 0.1) is 11.8 Å². The molecule has 2 rings (SSSR count). The molecular weight excluding hydrogens is 246 g/mol. The summed E-state index contributed by atoms with van der Waals surface area (Å²) in [6, 6.07) is 8.72. The summed E-state index contributed by atoms with van der Waals surface area (Å²) in [4.78, 5) is 4.75. The van der Waals surface area contributed by atoms with Gasteiger partial charge in [-0.25, -0.2) is 0 Å². The predicted octanol–water partition coefficient (Wildman–Crippen LogP) is 2.82. The number of nitrogens with one attached hydrogen (secondary N) is 1. The largest absolute Gasteiger partial charge is 0.376 e. The molecule has 0 aromatic heterocycles. The van der Waals surface area contributed by atoms with E-state index in [-0.39, 0.29) is 0 Å². The number of para-hydroxylation sites is 2. The van der Waals surface area contributed by atoms with Crippen molar-refractivity contribution in [3.05, 3.63) is 24.3 Å². The number of hydrogen-bond acceptors (Lipinski definition) is 3. The first-order valence-corrected chi connectivity index (χ1v) is 7.80. The highest BCUT2D eigenvalue weighted by Gasteiger charge is 2.24. The van der Waals surface area contributed by atoms with Gasteiger partial charge in [-0.15, -0.1) is 0 Å². The molecule has 3 nitrogen and oxygen atoms in total. The second-order valence-electron chi connectivity index (χ2n) is 6.54. The Morgan fingerprint density at radius 1 is 1.30 bits per heavy atom. The molecule has 0 radical (unpaired) electrons. The van der Waals surface area contributed by atoms with Gasteiger partial charge >= 0.3 is 0 Å². The molecule has 112 valence electrons. The maximum absolute atomic E-state index is 3.60. The fourth-order valence-electron chi connectivity index (χ4n) is 2.90. The Hall–Kier alpha value is -1.22. The Morgan fingerprint density at radius 3 is 2.75 bits per heavy atom. The van der Waals surface area contributed by atoms with Crippen molar-refractivity contribution in [3.8, 4) is 0 Å². The van der Waals surface area contributed by atoms with E-state index < -0.39 is 0 Å². The van der Waals surface area contributed by atoms with Gasteiger partial charge in [0.2, 0.25) is 0 Å². The summed E-state index contributed by atoms with van der Waals surface area (Å²) in [5.74, 6) is 1.52. The summed E-state index contributed by atoms with van der Waals surface area (Å²) >= 11 is 0. The van der Waals surface area contributed by atoms with Crippen LogP contribution in [-0.4, -0.2) is 40.3 Å². The zero-order valence-electron chi connectivity index (χ0n) is 13.4. The Morgan fingerprint density at radius 2 is 2.05 bits per heavy atom. The molecule has 1 aliphatic heterocycles. The van der Waals surface area contributed by atoms with Crippen molar-refractivity contribution in [2.45, 2.75) is 20.3 Å². The minimum atomic E-state index is 0.738. The van der Waals surface area contributed by atoms with Gasteiger partial charge in [-0.1, -0.05) is 26.0 Å². The molecule has 1 aromatic carbocycles. The smallest absolute Gasteiger partial charge is 0.0603 e. The van der Waals surface area contributed by atoms with Gasteiger partial charge in [0.05, 0.1) is 11.4 Å². The van der Waals surface area contributed by atoms with E-state index in [0.717, 1.165) is 24.9 Å². The van der Waals surface area contributed by atoms with Crippen molar-refractivity contribution >= 4 is 11.4 Å². The molecule has 0 amide bonds. The molecule has 1 N–H and O–H groups in total. The van der Waals surface area contributed by atoms with Crippen molar-refractivity contribution < 1.29 is 0 Å². The molecule has 0 bridgehead atoms. The van der Waals surface area contributed by atoms with Crippen molar-refractivity contribution in [2.75, 3.05) is 50.1 Å². The van der Waals surface area contributed by atoms with Crippen LogP contribution in [0.5, 0.6) is 0 Å². The lowest BCUT2D eigenvalue weighted by Gasteiger charge is -2.25. The summed E-state index contributed by atoms with van der Waals surface area (Å²) in [7, 11) is 4.24. The van der Waals surface area contributed by atoms with Gasteiger partial charge in [-0.2, -0.15) is 0 Å². The van der Waals surface area contributed by atoms with E-state index >= 15 is 0 Å². The van der Waals surface area contributed by atoms with Crippen LogP contribution in [0.1, 0.15) is 20.3 Å². The molecule has 3 heteroatoms. The summed E-state index contributed by atoms with van der Waals surface area (Å²) in [6.45, 7) is 9.17. The Balaban J connectivity index is 1.92. The maximum atomic E-state index is 3.60. The molecule has 0 aliphatic carbocycles. The Bertz CT molecular complexity index is 414. The molecule has 1 unspecified atom stereocenters. The zero-order chi connectivity index (χ0) is 14.5. The fraction of sp³-hybridized carbons (Fsp3) is 0.647. The third-order valence-electron chi connectivity index (χ3n) is 3.98. The van der Waals surface area contributed by atoms with Crippen LogP contribution in [0.2, 0.25) is 0 Å². The summed E-state index contributed by atoms with van der Waals surface area (Å²) in [5.41, 5.74) is 2.70. The van der Waals surface area contributed by atoms with Gasteiger partial charge in [-0.3, -0.25) is 0 Å². The van der Waals surface area contributed by atoms with Crippen LogP contribution < -0.4 is 15.1 Å². The lowest BCUT2D eigenvalue weighted by atomic mass is 10.1. The van der Waals surface area contributed by atoms with E-state index in [4.69, 9.17) is 0 Å². The van der Waals surface area contributed by atoms with Crippen molar-refractivity contribution in [2.24, 2.45) is 11.8 Å². The number of nitrogens with zero attached hydrogens (tertiary/aromatic N) is 2. The number of anilines is 2. The summed E-state index contributed by atoms with van der Waals surface area (Å²) in [5, 5.41) is 3.60. The lowest BCUT2D eigenvalue weighted by Crippen LogP contribution is -2.29. The molecular formula is C17H29N3. The van der Waals surface area contributed by atoms with Gasteiger partial charge < -0.3 is 15.1 Å².